The molecule has 3 rings (SSSR count). The lowest BCUT2D eigenvalue weighted by Gasteiger charge is -2.06. The molecule has 26 heavy (non-hydrogen) atoms. The lowest BCUT2D eigenvalue weighted by atomic mass is 10.1. The van der Waals surface area contributed by atoms with Gasteiger partial charge in [0.1, 0.15) is 22.1 Å². The second-order valence-electron chi connectivity index (χ2n) is 5.36. The minimum absolute atomic E-state index is 0.315. The highest BCUT2D eigenvalue weighted by molar-refractivity contribution is 7.23. The van der Waals surface area contributed by atoms with Gasteiger partial charge in [-0.15, -0.1) is 11.3 Å². The van der Waals surface area contributed by atoms with Crippen LogP contribution >= 0.6 is 11.3 Å². The Morgan fingerprint density at radius 2 is 1.96 bits per heavy atom. The Morgan fingerprint density at radius 1 is 1.15 bits per heavy atom. The molecule has 0 aliphatic rings. The number of esters is 1. The molecule has 0 radical (unpaired) electrons. The Bertz CT molecular complexity index is 962. The van der Waals surface area contributed by atoms with Gasteiger partial charge in [-0.2, -0.15) is 0 Å². The zero-order valence-electron chi connectivity index (χ0n) is 14.8. The molecule has 0 spiro atoms. The maximum absolute atomic E-state index is 12.4. The zero-order valence-corrected chi connectivity index (χ0v) is 15.6. The van der Waals surface area contributed by atoms with E-state index in [4.69, 9.17) is 14.2 Å². The summed E-state index contributed by atoms with van der Waals surface area (Å²) in [6, 6.07) is 13.2. The zero-order chi connectivity index (χ0) is 18.5. The third-order valence-corrected chi connectivity index (χ3v) is 4.89. The van der Waals surface area contributed by atoms with Crippen molar-refractivity contribution in [1.29, 1.82) is 0 Å². The number of rotatable bonds is 6. The molecule has 0 unspecified atom stereocenters. The lowest BCUT2D eigenvalue weighted by Crippen LogP contribution is -2.04. The number of fused-ring (bicyclic) bond motifs is 1. The fourth-order valence-corrected chi connectivity index (χ4v) is 3.63. The van der Waals surface area contributed by atoms with E-state index in [0.717, 1.165) is 15.6 Å². The first kappa shape index (κ1) is 17.9. The van der Waals surface area contributed by atoms with Gasteiger partial charge in [-0.05, 0) is 31.2 Å². The van der Waals surface area contributed by atoms with Crippen LogP contribution in [0.3, 0.4) is 0 Å². The van der Waals surface area contributed by atoms with Crippen LogP contribution in [0.4, 0.5) is 5.00 Å². The second-order valence-corrected chi connectivity index (χ2v) is 6.40. The van der Waals surface area contributed by atoms with Gasteiger partial charge in [0.25, 0.3) is 0 Å². The first-order valence-corrected chi connectivity index (χ1v) is 8.94. The Balaban J connectivity index is 2.07. The monoisotopic (exact) mass is 369 g/mol. The number of benzene rings is 2. The van der Waals surface area contributed by atoms with Gasteiger partial charge in [-0.25, -0.2) is 9.79 Å². The SMILES string of the molecule is CCOC(=O)c1c(N=Cc2cc(OC)ccc2OC)sc2ccccc12. The van der Waals surface area contributed by atoms with Gasteiger partial charge in [-0.3, -0.25) is 0 Å². The van der Waals surface area contributed by atoms with Crippen molar-refractivity contribution in [3.05, 3.63) is 53.6 Å². The molecule has 0 bridgehead atoms. The standard InChI is InChI=1S/C20H19NO4S/c1-4-25-20(22)18-15-7-5-6-8-17(15)26-19(18)21-12-13-11-14(23-2)9-10-16(13)24-3/h5-12H,4H2,1-3H3. The molecular weight excluding hydrogens is 350 g/mol. The van der Waals surface area contributed by atoms with Gasteiger partial charge in [0, 0.05) is 21.9 Å². The number of carbonyl (C=O) groups is 1. The number of thiophene rings is 1. The van der Waals surface area contributed by atoms with E-state index in [1.54, 1.807) is 27.4 Å². The number of ether oxygens (including phenoxy) is 3. The normalized spacial score (nSPS) is 11.0. The van der Waals surface area contributed by atoms with Gasteiger partial charge in [0.05, 0.1) is 20.8 Å². The summed E-state index contributed by atoms with van der Waals surface area (Å²) in [6.07, 6.45) is 1.68. The molecule has 0 saturated carbocycles. The summed E-state index contributed by atoms with van der Waals surface area (Å²) in [6.45, 7) is 2.10. The minimum Gasteiger partial charge on any atom is -0.497 e. The van der Waals surface area contributed by atoms with Gasteiger partial charge in [-0.1, -0.05) is 18.2 Å². The van der Waals surface area contributed by atoms with Gasteiger partial charge in [0.2, 0.25) is 0 Å². The molecule has 3 aromatic rings. The highest BCUT2D eigenvalue weighted by Gasteiger charge is 2.19. The summed E-state index contributed by atoms with van der Waals surface area (Å²) in [5.74, 6) is 1.01. The van der Waals surface area contributed by atoms with Crippen molar-refractivity contribution in [2.45, 2.75) is 6.92 Å². The average molecular weight is 369 g/mol. The molecule has 0 N–H and O–H groups in total. The van der Waals surface area contributed by atoms with Crippen LogP contribution in [-0.4, -0.2) is 33.0 Å². The number of methoxy groups -OCH3 is 2. The highest BCUT2D eigenvalue weighted by atomic mass is 32.1. The molecule has 0 aliphatic heterocycles. The van der Waals surface area contributed by atoms with E-state index >= 15 is 0 Å². The Morgan fingerprint density at radius 3 is 2.69 bits per heavy atom. The van der Waals surface area contributed by atoms with Crippen molar-refractivity contribution in [3.8, 4) is 11.5 Å². The average Bonchev–Trinajstić information content (AvgIpc) is 3.04. The van der Waals surface area contributed by atoms with Crippen LogP contribution in [0, 0.1) is 0 Å². The van der Waals surface area contributed by atoms with Gasteiger partial charge < -0.3 is 14.2 Å². The van der Waals surface area contributed by atoms with E-state index in [0.29, 0.717) is 28.7 Å². The fourth-order valence-electron chi connectivity index (χ4n) is 2.59. The molecule has 2 aromatic carbocycles. The number of hydrogen-bond donors (Lipinski definition) is 0. The maximum atomic E-state index is 12.4. The molecule has 1 heterocycles. The topological polar surface area (TPSA) is 57.1 Å². The fraction of sp³-hybridized carbons (Fsp3) is 0.200. The van der Waals surface area contributed by atoms with E-state index in [2.05, 4.69) is 4.99 Å². The molecule has 1 aromatic heterocycles. The van der Waals surface area contributed by atoms with Crippen LogP contribution in [0.2, 0.25) is 0 Å². The highest BCUT2D eigenvalue weighted by Crippen LogP contribution is 2.38. The van der Waals surface area contributed by atoms with E-state index in [-0.39, 0.29) is 5.97 Å². The van der Waals surface area contributed by atoms with E-state index in [9.17, 15) is 4.79 Å². The van der Waals surface area contributed by atoms with Crippen LogP contribution in [-0.2, 0) is 4.74 Å². The van der Waals surface area contributed by atoms with Crippen molar-refractivity contribution in [1.82, 2.24) is 0 Å². The molecular formula is C20H19NO4S. The Hall–Kier alpha value is -2.86. The summed E-state index contributed by atoms with van der Waals surface area (Å²) in [7, 11) is 3.20. The quantitative estimate of drug-likeness (QED) is 0.460. The van der Waals surface area contributed by atoms with Crippen LogP contribution in [0.15, 0.2) is 47.5 Å². The summed E-state index contributed by atoms with van der Waals surface area (Å²) in [5, 5.41) is 1.45. The van der Waals surface area contributed by atoms with E-state index < -0.39 is 0 Å². The molecule has 0 aliphatic carbocycles. The Kier molecular flexibility index (Phi) is 5.53. The summed E-state index contributed by atoms with van der Waals surface area (Å²) >= 11 is 1.45. The first-order chi connectivity index (χ1) is 12.7. The molecule has 0 saturated heterocycles. The van der Waals surface area contributed by atoms with E-state index in [1.165, 1.54) is 11.3 Å². The number of aliphatic imine (C=N–C) groups is 1. The minimum atomic E-state index is -0.366. The summed E-state index contributed by atoms with van der Waals surface area (Å²) in [5.41, 5.74) is 1.25. The van der Waals surface area contributed by atoms with Gasteiger partial charge >= 0.3 is 5.97 Å². The van der Waals surface area contributed by atoms with Crippen molar-refractivity contribution >= 4 is 38.6 Å². The maximum Gasteiger partial charge on any atom is 0.341 e. The second kappa shape index (κ2) is 8.01. The number of carbonyl (C=O) groups excluding carboxylic acids is 1. The van der Waals surface area contributed by atoms with Crippen molar-refractivity contribution in [2.24, 2.45) is 4.99 Å². The summed E-state index contributed by atoms with van der Waals surface area (Å²) < 4.78 is 16.8. The largest absolute Gasteiger partial charge is 0.497 e. The molecule has 134 valence electrons. The van der Waals surface area contributed by atoms with E-state index in [1.807, 2.05) is 42.5 Å². The number of hydrogen-bond acceptors (Lipinski definition) is 6. The van der Waals surface area contributed by atoms with Crippen LogP contribution < -0.4 is 9.47 Å². The predicted molar refractivity (Wildman–Crippen MR) is 105 cm³/mol. The predicted octanol–water partition coefficient (Wildman–Crippen LogP) is 4.85. The smallest absolute Gasteiger partial charge is 0.341 e. The van der Waals surface area contributed by atoms with Crippen molar-refractivity contribution in [3.63, 3.8) is 0 Å². The molecule has 0 fully saturated rings. The van der Waals surface area contributed by atoms with Crippen molar-refractivity contribution in [2.75, 3.05) is 20.8 Å². The Labute approximate surface area is 155 Å². The van der Waals surface area contributed by atoms with Crippen molar-refractivity contribution < 1.29 is 19.0 Å². The van der Waals surface area contributed by atoms with Crippen LogP contribution in [0.5, 0.6) is 11.5 Å². The lowest BCUT2D eigenvalue weighted by molar-refractivity contribution is 0.0530. The summed E-state index contributed by atoms with van der Waals surface area (Å²) in [4.78, 5) is 17.0. The third-order valence-electron chi connectivity index (χ3n) is 3.81. The van der Waals surface area contributed by atoms with Gasteiger partial charge in [0.15, 0.2) is 0 Å². The third kappa shape index (κ3) is 3.55. The first-order valence-electron chi connectivity index (χ1n) is 8.12. The van der Waals surface area contributed by atoms with Crippen LogP contribution in [0.1, 0.15) is 22.8 Å². The molecule has 0 atom stereocenters. The van der Waals surface area contributed by atoms with Crippen LogP contribution in [0.25, 0.3) is 10.1 Å². The molecule has 0 amide bonds. The number of nitrogens with zero attached hydrogens (tertiary/aromatic N) is 1. The molecule has 6 heteroatoms. The molecule has 5 nitrogen and oxygen atoms in total.